The van der Waals surface area contributed by atoms with E-state index in [0.29, 0.717) is 40.2 Å². The predicted molar refractivity (Wildman–Crippen MR) is 197 cm³/mol. The average molecular weight is 661 g/mol. The number of hydrogen-bond acceptors (Lipinski definition) is 5. The lowest BCUT2D eigenvalue weighted by Gasteiger charge is -2.44. The number of ether oxygens (including phenoxy) is 3. The molecule has 258 valence electrons. The Hall–Kier alpha value is -4.38. The molecule has 0 bridgehead atoms. The summed E-state index contributed by atoms with van der Waals surface area (Å²) in [5, 5.41) is 0. The Morgan fingerprint density at radius 1 is 0.633 bits per heavy atom. The first kappa shape index (κ1) is 35.9. The maximum atomic E-state index is 13.1. The molecule has 5 heteroatoms. The number of benzene rings is 4. The highest BCUT2D eigenvalue weighted by atomic mass is 16.6. The molecule has 1 saturated carbocycles. The van der Waals surface area contributed by atoms with E-state index in [2.05, 4.69) is 71.0 Å². The zero-order valence-corrected chi connectivity index (χ0v) is 30.5. The minimum Gasteiger partial charge on any atom is -0.457 e. The van der Waals surface area contributed by atoms with Gasteiger partial charge in [-0.25, -0.2) is 9.59 Å². The van der Waals surface area contributed by atoms with Crippen LogP contribution in [0.5, 0.6) is 17.2 Å². The monoisotopic (exact) mass is 660 g/mol. The molecular formula is C44H52O5. The molecule has 1 aliphatic carbocycles. The van der Waals surface area contributed by atoms with Gasteiger partial charge in [0, 0.05) is 5.41 Å². The molecule has 1 fully saturated rings. The van der Waals surface area contributed by atoms with Crippen LogP contribution in [0.25, 0.3) is 0 Å². The summed E-state index contributed by atoms with van der Waals surface area (Å²) in [6.07, 6.45) is 5.24. The Kier molecular flexibility index (Phi) is 10.7. The van der Waals surface area contributed by atoms with Crippen LogP contribution in [0, 0.1) is 11.8 Å². The lowest BCUT2D eigenvalue weighted by atomic mass is 9.60. The molecule has 4 aromatic carbocycles. The van der Waals surface area contributed by atoms with Crippen molar-refractivity contribution in [2.24, 2.45) is 11.8 Å². The molecule has 0 aliphatic heterocycles. The molecule has 0 N–H and O–H groups in total. The maximum Gasteiger partial charge on any atom is 0.343 e. The quantitative estimate of drug-likeness (QED) is 0.118. The van der Waals surface area contributed by atoms with Crippen molar-refractivity contribution >= 4 is 11.9 Å². The van der Waals surface area contributed by atoms with Crippen molar-refractivity contribution < 1.29 is 23.8 Å². The van der Waals surface area contributed by atoms with Gasteiger partial charge in [-0.3, -0.25) is 0 Å². The highest BCUT2D eigenvalue weighted by Gasteiger charge is 2.41. The van der Waals surface area contributed by atoms with Crippen LogP contribution in [-0.4, -0.2) is 17.5 Å². The average Bonchev–Trinajstić information content (AvgIpc) is 3.08. The largest absolute Gasteiger partial charge is 0.457 e. The number of hydrogen-bond donors (Lipinski definition) is 0. The SMILES string of the molecule is CCC(C)(C)OC(=O)c1ccc(Oc2ccc(C(=O)Oc3ccc(C4(c5ccc(C(C)(C)CC)cc5)CC(C)CC(C)C4)cc3)cc2)cc1. The van der Waals surface area contributed by atoms with Gasteiger partial charge in [0.1, 0.15) is 22.8 Å². The third-order valence-electron chi connectivity index (χ3n) is 10.6. The first-order valence-electron chi connectivity index (χ1n) is 17.8. The number of carbonyl (C=O) groups is 2. The summed E-state index contributed by atoms with van der Waals surface area (Å²) in [6.45, 7) is 17.4. The van der Waals surface area contributed by atoms with Crippen molar-refractivity contribution in [1.82, 2.24) is 0 Å². The Bertz CT molecular complexity index is 1700. The fourth-order valence-electron chi connectivity index (χ4n) is 7.05. The van der Waals surface area contributed by atoms with Gasteiger partial charge in [0.15, 0.2) is 0 Å². The molecular weight excluding hydrogens is 608 g/mol. The lowest BCUT2D eigenvalue weighted by Crippen LogP contribution is -2.37. The van der Waals surface area contributed by atoms with Gasteiger partial charge in [-0.15, -0.1) is 0 Å². The van der Waals surface area contributed by atoms with Crippen molar-refractivity contribution in [1.29, 1.82) is 0 Å². The lowest BCUT2D eigenvalue weighted by molar-refractivity contribution is -0.00245. The van der Waals surface area contributed by atoms with Crippen LogP contribution in [0.3, 0.4) is 0 Å². The predicted octanol–water partition coefficient (Wildman–Crippen LogP) is 11.5. The molecule has 5 rings (SSSR count). The van der Waals surface area contributed by atoms with Crippen LogP contribution < -0.4 is 9.47 Å². The van der Waals surface area contributed by atoms with Gasteiger partial charge in [-0.2, -0.15) is 0 Å². The summed E-state index contributed by atoms with van der Waals surface area (Å²) in [5.41, 5.74) is 4.43. The fourth-order valence-corrected chi connectivity index (χ4v) is 7.05. The van der Waals surface area contributed by atoms with Crippen molar-refractivity contribution in [2.45, 2.75) is 104 Å². The highest BCUT2D eigenvalue weighted by Crippen LogP contribution is 2.49. The molecule has 0 amide bonds. The minimum atomic E-state index is -0.521. The van der Waals surface area contributed by atoms with Crippen molar-refractivity contribution in [3.63, 3.8) is 0 Å². The van der Waals surface area contributed by atoms with E-state index in [1.807, 2.05) is 32.9 Å². The van der Waals surface area contributed by atoms with Crippen LogP contribution in [0.15, 0.2) is 97.1 Å². The van der Waals surface area contributed by atoms with E-state index in [1.54, 1.807) is 48.5 Å². The smallest absolute Gasteiger partial charge is 0.343 e. The molecule has 1 aliphatic rings. The number of rotatable bonds is 11. The van der Waals surface area contributed by atoms with Gasteiger partial charge < -0.3 is 14.2 Å². The highest BCUT2D eigenvalue weighted by molar-refractivity contribution is 5.91. The van der Waals surface area contributed by atoms with Gasteiger partial charge >= 0.3 is 11.9 Å². The van der Waals surface area contributed by atoms with E-state index in [1.165, 1.54) is 23.1 Å². The summed E-state index contributed by atoms with van der Waals surface area (Å²) in [7, 11) is 0. The van der Waals surface area contributed by atoms with Gasteiger partial charge in [-0.05, 0) is 141 Å². The second kappa shape index (κ2) is 14.6. The van der Waals surface area contributed by atoms with E-state index >= 15 is 0 Å². The molecule has 5 nitrogen and oxygen atoms in total. The summed E-state index contributed by atoms with van der Waals surface area (Å²) in [5.74, 6) is 2.08. The number of esters is 2. The first-order chi connectivity index (χ1) is 23.2. The Labute approximate surface area is 293 Å². The molecule has 4 aromatic rings. The standard InChI is InChI=1S/C44H52O5/c1-9-42(5,6)34-15-17-35(18-16-34)44(28-30(3)27-31(4)29-44)36-19-25-39(26-20-36)48-40(45)32-11-21-37(22-12-32)47-38-23-13-33(14-24-38)41(46)49-43(7,8)10-2/h11-26,30-31H,9-10,27-29H2,1-8H3. The molecule has 2 unspecified atom stereocenters. The summed E-state index contributed by atoms with van der Waals surface area (Å²) in [4.78, 5) is 25.5. The van der Waals surface area contributed by atoms with Gasteiger partial charge in [0.25, 0.3) is 0 Å². The molecule has 0 saturated heterocycles. The van der Waals surface area contributed by atoms with E-state index < -0.39 is 11.6 Å². The topological polar surface area (TPSA) is 61.8 Å². The van der Waals surface area contributed by atoms with E-state index in [-0.39, 0.29) is 16.8 Å². The molecule has 0 aromatic heterocycles. The van der Waals surface area contributed by atoms with Crippen LogP contribution in [0.2, 0.25) is 0 Å². The van der Waals surface area contributed by atoms with Gasteiger partial charge in [-0.1, -0.05) is 77.9 Å². The van der Waals surface area contributed by atoms with E-state index in [9.17, 15) is 9.59 Å². The van der Waals surface area contributed by atoms with E-state index in [0.717, 1.165) is 25.7 Å². The second-order valence-corrected chi connectivity index (χ2v) is 15.3. The summed E-state index contributed by atoms with van der Waals surface area (Å²) < 4.78 is 17.3. The van der Waals surface area contributed by atoms with Crippen molar-refractivity contribution in [2.75, 3.05) is 0 Å². The zero-order chi connectivity index (χ0) is 35.4. The fraction of sp³-hybridized carbons (Fsp3) is 0.409. The molecule has 49 heavy (non-hydrogen) atoms. The van der Waals surface area contributed by atoms with Crippen LogP contribution >= 0.6 is 0 Å². The first-order valence-corrected chi connectivity index (χ1v) is 17.8. The third kappa shape index (κ3) is 8.44. The van der Waals surface area contributed by atoms with Crippen LogP contribution in [0.4, 0.5) is 0 Å². The zero-order valence-electron chi connectivity index (χ0n) is 30.5. The van der Waals surface area contributed by atoms with Crippen molar-refractivity contribution in [3.05, 3.63) is 125 Å². The Morgan fingerprint density at radius 2 is 1.08 bits per heavy atom. The summed E-state index contributed by atoms with van der Waals surface area (Å²) in [6, 6.07) is 31.1. The molecule has 0 radical (unpaired) electrons. The third-order valence-corrected chi connectivity index (χ3v) is 10.6. The van der Waals surface area contributed by atoms with Gasteiger partial charge in [0.2, 0.25) is 0 Å². The van der Waals surface area contributed by atoms with Gasteiger partial charge in [0.05, 0.1) is 11.1 Å². The Balaban J connectivity index is 1.26. The molecule has 0 heterocycles. The van der Waals surface area contributed by atoms with Crippen LogP contribution in [0.1, 0.15) is 125 Å². The van der Waals surface area contributed by atoms with Crippen molar-refractivity contribution in [3.8, 4) is 17.2 Å². The summed E-state index contributed by atoms with van der Waals surface area (Å²) >= 11 is 0. The number of carbonyl (C=O) groups excluding carboxylic acids is 2. The Morgan fingerprint density at radius 3 is 1.55 bits per heavy atom. The second-order valence-electron chi connectivity index (χ2n) is 15.3. The van der Waals surface area contributed by atoms with E-state index in [4.69, 9.17) is 14.2 Å². The minimum absolute atomic E-state index is 0.0834. The maximum absolute atomic E-state index is 13.1. The van der Waals surface area contributed by atoms with Crippen LogP contribution in [-0.2, 0) is 15.6 Å². The molecule has 0 spiro atoms. The molecule has 2 atom stereocenters. The normalized spacial score (nSPS) is 19.6.